The van der Waals surface area contributed by atoms with Crippen LogP contribution in [0.25, 0.3) is 11.0 Å². The van der Waals surface area contributed by atoms with E-state index in [2.05, 4.69) is 9.97 Å². The van der Waals surface area contributed by atoms with Crippen LogP contribution in [0, 0.1) is 0 Å². The smallest absolute Gasteiger partial charge is 0.201 e. The Bertz CT molecular complexity index is 410. The van der Waals surface area contributed by atoms with Crippen LogP contribution in [-0.2, 0) is 0 Å². The Balaban J connectivity index is 2.66. The third-order valence-electron chi connectivity index (χ3n) is 1.66. The quantitative estimate of drug-likeness (QED) is 0.735. The molecule has 62 valence electrons. The normalized spacial score (nSPS) is 10.5. The van der Waals surface area contributed by atoms with Crippen LogP contribution in [0.4, 0.5) is 0 Å². The Morgan fingerprint density at radius 3 is 3.08 bits per heavy atom. The number of aromatic nitrogens is 2. The van der Waals surface area contributed by atoms with Crippen LogP contribution >= 0.6 is 11.6 Å². The molecule has 1 aromatic heterocycles. The van der Waals surface area contributed by atoms with Crippen LogP contribution in [0.15, 0.2) is 18.2 Å². The number of hydrogen-bond acceptors (Lipinski definition) is 2. The largest absolute Gasteiger partial charge is 0.497 e. The zero-order valence-electron chi connectivity index (χ0n) is 6.47. The van der Waals surface area contributed by atoms with Crippen molar-refractivity contribution in [2.75, 3.05) is 7.11 Å². The molecule has 0 radical (unpaired) electrons. The van der Waals surface area contributed by atoms with E-state index >= 15 is 0 Å². The van der Waals surface area contributed by atoms with Crippen LogP contribution in [0.3, 0.4) is 0 Å². The fourth-order valence-corrected chi connectivity index (χ4v) is 1.28. The van der Waals surface area contributed by atoms with E-state index in [1.807, 2.05) is 18.2 Å². The van der Waals surface area contributed by atoms with Crippen LogP contribution in [-0.4, -0.2) is 17.1 Å². The second kappa shape index (κ2) is 2.68. The van der Waals surface area contributed by atoms with E-state index in [4.69, 9.17) is 16.3 Å². The molecule has 0 saturated carbocycles. The van der Waals surface area contributed by atoms with E-state index in [1.54, 1.807) is 7.11 Å². The molecule has 0 saturated heterocycles. The van der Waals surface area contributed by atoms with Gasteiger partial charge in [-0.1, -0.05) is 0 Å². The number of methoxy groups -OCH3 is 1. The molecule has 0 aliphatic rings. The van der Waals surface area contributed by atoms with Crippen molar-refractivity contribution in [2.24, 2.45) is 0 Å². The number of nitrogens with one attached hydrogen (secondary N) is 1. The molecule has 0 amide bonds. The number of rotatable bonds is 1. The van der Waals surface area contributed by atoms with Gasteiger partial charge in [0.15, 0.2) is 0 Å². The predicted octanol–water partition coefficient (Wildman–Crippen LogP) is 2.22. The highest BCUT2D eigenvalue weighted by molar-refractivity contribution is 6.29. The van der Waals surface area contributed by atoms with Gasteiger partial charge in [-0.3, -0.25) is 0 Å². The van der Waals surface area contributed by atoms with Gasteiger partial charge in [-0.25, -0.2) is 4.98 Å². The summed E-state index contributed by atoms with van der Waals surface area (Å²) in [7, 11) is 1.62. The molecule has 0 atom stereocenters. The monoisotopic (exact) mass is 182 g/mol. The lowest BCUT2D eigenvalue weighted by Crippen LogP contribution is -1.80. The number of hydrogen-bond donors (Lipinski definition) is 1. The lowest BCUT2D eigenvalue weighted by molar-refractivity contribution is 0.415. The summed E-state index contributed by atoms with van der Waals surface area (Å²) in [6, 6.07) is 5.56. The minimum Gasteiger partial charge on any atom is -0.497 e. The lowest BCUT2D eigenvalue weighted by atomic mass is 10.3. The van der Waals surface area contributed by atoms with Crippen LogP contribution in [0.1, 0.15) is 0 Å². The lowest BCUT2D eigenvalue weighted by Gasteiger charge is -1.96. The van der Waals surface area contributed by atoms with Crippen molar-refractivity contribution in [3.05, 3.63) is 23.5 Å². The van der Waals surface area contributed by atoms with Gasteiger partial charge in [0.2, 0.25) is 5.28 Å². The summed E-state index contributed by atoms with van der Waals surface area (Å²) in [6.07, 6.45) is 0. The maximum Gasteiger partial charge on any atom is 0.201 e. The maximum absolute atomic E-state index is 5.67. The second-order valence-electron chi connectivity index (χ2n) is 2.41. The van der Waals surface area contributed by atoms with E-state index < -0.39 is 0 Å². The summed E-state index contributed by atoms with van der Waals surface area (Å²) in [5, 5.41) is 0.401. The van der Waals surface area contributed by atoms with E-state index in [9.17, 15) is 0 Å². The summed E-state index contributed by atoms with van der Waals surface area (Å²) in [4.78, 5) is 6.95. The molecule has 0 aliphatic heterocycles. The van der Waals surface area contributed by atoms with Crippen molar-refractivity contribution in [1.29, 1.82) is 0 Å². The van der Waals surface area contributed by atoms with Gasteiger partial charge in [0.1, 0.15) is 5.75 Å². The summed E-state index contributed by atoms with van der Waals surface area (Å²) in [5.41, 5.74) is 1.74. The molecule has 0 fully saturated rings. The van der Waals surface area contributed by atoms with Gasteiger partial charge >= 0.3 is 0 Å². The molecule has 0 aliphatic carbocycles. The molecule has 0 bridgehead atoms. The number of benzene rings is 1. The molecular weight excluding hydrogens is 176 g/mol. The molecule has 4 heteroatoms. The highest BCUT2D eigenvalue weighted by Gasteiger charge is 2.00. The second-order valence-corrected chi connectivity index (χ2v) is 2.77. The van der Waals surface area contributed by atoms with Gasteiger partial charge in [-0.05, 0) is 23.7 Å². The number of H-pyrrole nitrogens is 1. The van der Waals surface area contributed by atoms with E-state index in [0.717, 1.165) is 16.8 Å². The first-order chi connectivity index (χ1) is 5.79. The molecule has 0 spiro atoms. The van der Waals surface area contributed by atoms with Crippen molar-refractivity contribution in [3.63, 3.8) is 0 Å². The number of imidazole rings is 1. The molecule has 12 heavy (non-hydrogen) atoms. The SMILES string of the molecule is COc1ccc2nc(Cl)[nH]c2c1. The first-order valence-electron chi connectivity index (χ1n) is 3.49. The van der Waals surface area contributed by atoms with E-state index in [-0.39, 0.29) is 0 Å². The van der Waals surface area contributed by atoms with Crippen molar-refractivity contribution >= 4 is 22.6 Å². The van der Waals surface area contributed by atoms with Crippen LogP contribution in [0.2, 0.25) is 5.28 Å². The van der Waals surface area contributed by atoms with Crippen molar-refractivity contribution in [3.8, 4) is 5.75 Å². The molecule has 2 aromatic rings. The summed E-state index contributed by atoms with van der Waals surface area (Å²) >= 11 is 5.67. The van der Waals surface area contributed by atoms with E-state index in [1.165, 1.54) is 0 Å². The Morgan fingerprint density at radius 2 is 2.33 bits per heavy atom. The van der Waals surface area contributed by atoms with Gasteiger partial charge in [-0.15, -0.1) is 0 Å². The van der Waals surface area contributed by atoms with Crippen LogP contribution in [0.5, 0.6) is 5.75 Å². The Morgan fingerprint density at radius 1 is 1.50 bits per heavy atom. The van der Waals surface area contributed by atoms with Crippen molar-refractivity contribution in [2.45, 2.75) is 0 Å². The first kappa shape index (κ1) is 7.43. The highest BCUT2D eigenvalue weighted by Crippen LogP contribution is 2.19. The van der Waals surface area contributed by atoms with Gasteiger partial charge in [0, 0.05) is 6.07 Å². The fourth-order valence-electron chi connectivity index (χ4n) is 1.08. The van der Waals surface area contributed by atoms with Gasteiger partial charge in [0.25, 0.3) is 0 Å². The molecule has 1 heterocycles. The Kier molecular flexibility index (Phi) is 1.66. The van der Waals surface area contributed by atoms with Crippen molar-refractivity contribution < 1.29 is 4.74 Å². The number of halogens is 1. The highest BCUT2D eigenvalue weighted by atomic mass is 35.5. The molecular formula is C8H7ClN2O. The maximum atomic E-state index is 5.67. The summed E-state index contributed by atoms with van der Waals surface area (Å²) < 4.78 is 5.04. The minimum atomic E-state index is 0.401. The number of ether oxygens (including phenoxy) is 1. The molecule has 2 rings (SSSR count). The Hall–Kier alpha value is -1.22. The zero-order valence-corrected chi connectivity index (χ0v) is 7.22. The summed E-state index contributed by atoms with van der Waals surface area (Å²) in [5.74, 6) is 0.794. The average molecular weight is 183 g/mol. The third kappa shape index (κ3) is 1.12. The predicted molar refractivity (Wildman–Crippen MR) is 47.7 cm³/mol. The zero-order chi connectivity index (χ0) is 8.55. The molecule has 1 N–H and O–H groups in total. The Labute approximate surface area is 74.3 Å². The van der Waals surface area contributed by atoms with Gasteiger partial charge in [0.05, 0.1) is 18.1 Å². The van der Waals surface area contributed by atoms with Gasteiger partial charge in [-0.2, -0.15) is 0 Å². The third-order valence-corrected chi connectivity index (χ3v) is 1.84. The molecule has 0 unspecified atom stereocenters. The van der Waals surface area contributed by atoms with Gasteiger partial charge < -0.3 is 9.72 Å². The number of nitrogens with zero attached hydrogens (tertiary/aromatic N) is 1. The number of fused-ring (bicyclic) bond motifs is 1. The summed E-state index contributed by atoms with van der Waals surface area (Å²) in [6.45, 7) is 0. The number of aromatic amines is 1. The topological polar surface area (TPSA) is 37.9 Å². The minimum absolute atomic E-state index is 0.401. The van der Waals surface area contributed by atoms with Crippen LogP contribution < -0.4 is 4.74 Å². The standard InChI is InChI=1S/C8H7ClN2O/c1-12-5-2-3-6-7(4-5)11-8(9)10-6/h2-4H,1H3,(H,10,11). The fraction of sp³-hybridized carbons (Fsp3) is 0.125. The molecule has 3 nitrogen and oxygen atoms in total. The average Bonchev–Trinajstić information content (AvgIpc) is 2.43. The van der Waals surface area contributed by atoms with Crippen molar-refractivity contribution in [1.82, 2.24) is 9.97 Å². The first-order valence-corrected chi connectivity index (χ1v) is 3.86. The molecule has 1 aromatic carbocycles. The van der Waals surface area contributed by atoms with E-state index in [0.29, 0.717) is 5.28 Å².